The van der Waals surface area contributed by atoms with Crippen LogP contribution in [0.2, 0.25) is 0 Å². The summed E-state index contributed by atoms with van der Waals surface area (Å²) in [6.45, 7) is 4.01. The summed E-state index contributed by atoms with van der Waals surface area (Å²) >= 11 is 1.51. The molecule has 0 saturated heterocycles. The van der Waals surface area contributed by atoms with E-state index in [-0.39, 0.29) is 0 Å². The van der Waals surface area contributed by atoms with E-state index in [1.54, 1.807) is 7.11 Å². The molecule has 0 N–H and O–H groups in total. The fourth-order valence-electron chi connectivity index (χ4n) is 2.83. The second-order valence-electron chi connectivity index (χ2n) is 6.18. The molecule has 0 unspecified atom stereocenters. The molecule has 0 aliphatic carbocycles. The highest BCUT2D eigenvalue weighted by Gasteiger charge is 2.15. The number of aryl methyl sites for hydroxylation is 2. The van der Waals surface area contributed by atoms with Crippen molar-refractivity contribution in [3.05, 3.63) is 65.8 Å². The summed E-state index contributed by atoms with van der Waals surface area (Å²) in [5.74, 6) is 3.21. The van der Waals surface area contributed by atoms with Gasteiger partial charge in [-0.25, -0.2) is 0 Å². The van der Waals surface area contributed by atoms with Gasteiger partial charge < -0.3 is 9.26 Å². The predicted octanol–water partition coefficient (Wildman–Crippen LogP) is 4.24. The first-order valence-corrected chi connectivity index (χ1v) is 9.72. The zero-order valence-electron chi connectivity index (χ0n) is 15.8. The number of aromatic nitrogens is 5. The minimum Gasteiger partial charge on any atom is -0.497 e. The van der Waals surface area contributed by atoms with Crippen LogP contribution < -0.4 is 4.74 Å². The van der Waals surface area contributed by atoms with Crippen molar-refractivity contribution in [1.29, 1.82) is 0 Å². The highest BCUT2D eigenvalue weighted by Crippen LogP contribution is 2.27. The zero-order chi connectivity index (χ0) is 19.5. The molecule has 4 rings (SSSR count). The smallest absolute Gasteiger partial charge is 0.237 e. The summed E-state index contributed by atoms with van der Waals surface area (Å²) < 4.78 is 12.6. The lowest BCUT2D eigenvalue weighted by Crippen LogP contribution is -2.01. The Hall–Kier alpha value is -3.13. The molecule has 0 atom stereocenters. The molecule has 2 aromatic carbocycles. The number of rotatable bonds is 6. The van der Waals surface area contributed by atoms with Crippen molar-refractivity contribution in [2.24, 2.45) is 0 Å². The molecular weight excluding hydrogens is 374 g/mol. The second-order valence-corrected chi connectivity index (χ2v) is 7.12. The molecule has 142 valence electrons. The van der Waals surface area contributed by atoms with Crippen LogP contribution in [-0.2, 0) is 5.75 Å². The van der Waals surface area contributed by atoms with Crippen molar-refractivity contribution < 1.29 is 9.26 Å². The summed E-state index contributed by atoms with van der Waals surface area (Å²) in [4.78, 5) is 4.48. The third kappa shape index (κ3) is 3.63. The maximum absolute atomic E-state index is 5.40. The quantitative estimate of drug-likeness (QED) is 0.453. The molecule has 0 radical (unpaired) electrons. The Morgan fingerprint density at radius 1 is 1.04 bits per heavy atom. The van der Waals surface area contributed by atoms with Gasteiger partial charge >= 0.3 is 0 Å². The van der Waals surface area contributed by atoms with Gasteiger partial charge in [0.05, 0.1) is 18.6 Å². The Morgan fingerprint density at radius 2 is 1.82 bits per heavy atom. The number of benzene rings is 2. The summed E-state index contributed by atoms with van der Waals surface area (Å²) in [5, 5.41) is 13.4. The SMILES string of the molecule is COc1ccc(-c2noc(CSc3nnc(C)n3-c3ccccc3C)n2)cc1. The Kier molecular flexibility index (Phi) is 5.12. The van der Waals surface area contributed by atoms with Gasteiger partial charge in [-0.1, -0.05) is 35.1 Å². The van der Waals surface area contributed by atoms with Crippen molar-refractivity contribution in [1.82, 2.24) is 24.9 Å². The normalized spacial score (nSPS) is 11.0. The van der Waals surface area contributed by atoms with Gasteiger partial charge in [0.1, 0.15) is 11.6 Å². The van der Waals surface area contributed by atoms with Crippen LogP contribution in [0.15, 0.2) is 58.2 Å². The Balaban J connectivity index is 1.52. The number of para-hydroxylation sites is 1. The van der Waals surface area contributed by atoms with Crippen LogP contribution in [0.5, 0.6) is 5.75 Å². The zero-order valence-corrected chi connectivity index (χ0v) is 16.6. The topological polar surface area (TPSA) is 78.9 Å². The number of hydrogen-bond acceptors (Lipinski definition) is 7. The molecule has 0 amide bonds. The van der Waals surface area contributed by atoms with E-state index in [2.05, 4.69) is 39.4 Å². The summed E-state index contributed by atoms with van der Waals surface area (Å²) in [5.41, 5.74) is 3.10. The van der Waals surface area contributed by atoms with Crippen molar-refractivity contribution in [3.63, 3.8) is 0 Å². The molecule has 0 aliphatic rings. The molecule has 0 spiro atoms. The second kappa shape index (κ2) is 7.85. The summed E-state index contributed by atoms with van der Waals surface area (Å²) in [6.07, 6.45) is 0. The standard InChI is InChI=1S/C20H19N5O2S/c1-13-6-4-5-7-17(13)25-14(2)22-23-20(25)28-12-18-21-19(24-27-18)15-8-10-16(26-3)11-9-15/h4-11H,12H2,1-3H3. The van der Waals surface area contributed by atoms with E-state index in [0.29, 0.717) is 17.5 Å². The van der Waals surface area contributed by atoms with Crippen molar-refractivity contribution in [2.45, 2.75) is 24.8 Å². The van der Waals surface area contributed by atoms with E-state index in [1.165, 1.54) is 11.8 Å². The van der Waals surface area contributed by atoms with Gasteiger partial charge in [0.2, 0.25) is 11.7 Å². The molecule has 4 aromatic rings. The Morgan fingerprint density at radius 3 is 2.57 bits per heavy atom. The van der Waals surface area contributed by atoms with Crippen LogP contribution in [0.25, 0.3) is 17.1 Å². The predicted molar refractivity (Wildman–Crippen MR) is 107 cm³/mol. The first-order valence-electron chi connectivity index (χ1n) is 8.73. The average Bonchev–Trinajstić information content (AvgIpc) is 3.34. The van der Waals surface area contributed by atoms with Crippen LogP contribution in [0, 0.1) is 13.8 Å². The minimum absolute atomic E-state index is 0.507. The molecule has 0 fully saturated rings. The largest absolute Gasteiger partial charge is 0.497 e. The summed E-state index contributed by atoms with van der Waals surface area (Å²) in [6, 6.07) is 15.7. The molecule has 7 nitrogen and oxygen atoms in total. The van der Waals surface area contributed by atoms with Crippen LogP contribution in [0.1, 0.15) is 17.3 Å². The van der Waals surface area contributed by atoms with E-state index in [9.17, 15) is 0 Å². The average molecular weight is 393 g/mol. The van der Waals surface area contributed by atoms with E-state index < -0.39 is 0 Å². The molecule has 8 heteroatoms. The van der Waals surface area contributed by atoms with Crippen molar-refractivity contribution in [3.8, 4) is 22.8 Å². The van der Waals surface area contributed by atoms with Gasteiger partial charge in [-0.3, -0.25) is 4.57 Å². The molecule has 28 heavy (non-hydrogen) atoms. The first-order chi connectivity index (χ1) is 13.7. The lowest BCUT2D eigenvalue weighted by Gasteiger charge is -2.10. The molecule has 0 bridgehead atoms. The highest BCUT2D eigenvalue weighted by atomic mass is 32.2. The van der Waals surface area contributed by atoms with Crippen LogP contribution in [0.4, 0.5) is 0 Å². The molecule has 2 aromatic heterocycles. The lowest BCUT2D eigenvalue weighted by atomic mass is 10.2. The number of hydrogen-bond donors (Lipinski definition) is 0. The molecule has 0 aliphatic heterocycles. The third-order valence-corrected chi connectivity index (χ3v) is 5.21. The Labute approximate surface area is 166 Å². The van der Waals surface area contributed by atoms with Crippen LogP contribution in [0.3, 0.4) is 0 Å². The monoisotopic (exact) mass is 393 g/mol. The maximum atomic E-state index is 5.40. The molecule has 0 saturated carbocycles. The molecule has 2 heterocycles. The highest BCUT2D eigenvalue weighted by molar-refractivity contribution is 7.98. The van der Waals surface area contributed by atoms with Crippen LogP contribution >= 0.6 is 11.8 Å². The molecular formula is C20H19N5O2S. The van der Waals surface area contributed by atoms with Crippen LogP contribution in [-0.4, -0.2) is 32.0 Å². The number of nitrogens with zero attached hydrogens (tertiary/aromatic N) is 5. The minimum atomic E-state index is 0.507. The fourth-order valence-corrected chi connectivity index (χ4v) is 3.65. The first kappa shape index (κ1) is 18.2. The van der Waals surface area contributed by atoms with Crippen molar-refractivity contribution >= 4 is 11.8 Å². The third-order valence-electron chi connectivity index (χ3n) is 4.29. The van der Waals surface area contributed by atoms with Gasteiger partial charge in [0, 0.05) is 5.56 Å². The van der Waals surface area contributed by atoms with E-state index >= 15 is 0 Å². The summed E-state index contributed by atoms with van der Waals surface area (Å²) in [7, 11) is 1.64. The van der Waals surface area contributed by atoms with Gasteiger partial charge in [-0.15, -0.1) is 10.2 Å². The fraction of sp³-hybridized carbons (Fsp3) is 0.200. The lowest BCUT2D eigenvalue weighted by molar-refractivity contribution is 0.391. The van der Waals surface area contributed by atoms with Gasteiger partial charge in [-0.05, 0) is 49.7 Å². The number of ether oxygens (including phenoxy) is 1. The van der Waals surface area contributed by atoms with Gasteiger partial charge in [-0.2, -0.15) is 4.98 Å². The maximum Gasteiger partial charge on any atom is 0.237 e. The van der Waals surface area contributed by atoms with E-state index in [0.717, 1.165) is 33.5 Å². The number of thioether (sulfide) groups is 1. The van der Waals surface area contributed by atoms with E-state index in [4.69, 9.17) is 9.26 Å². The number of methoxy groups -OCH3 is 1. The van der Waals surface area contributed by atoms with Gasteiger partial charge in [0.15, 0.2) is 5.16 Å². The van der Waals surface area contributed by atoms with Crippen molar-refractivity contribution in [2.75, 3.05) is 7.11 Å². The Bertz CT molecular complexity index is 1090. The van der Waals surface area contributed by atoms with E-state index in [1.807, 2.05) is 47.9 Å². The van der Waals surface area contributed by atoms with Gasteiger partial charge in [0.25, 0.3) is 0 Å².